The molecule has 2 rings (SSSR count). The Labute approximate surface area is 137 Å². The average molecular weight is 349 g/mol. The highest BCUT2D eigenvalue weighted by Crippen LogP contribution is 2.27. The maximum absolute atomic E-state index is 11.5. The number of carboxylic acid groups (broad SMARTS) is 1. The first-order valence-corrected chi connectivity index (χ1v) is 8.84. The van der Waals surface area contributed by atoms with Gasteiger partial charge in [-0.2, -0.15) is 0 Å². The first-order chi connectivity index (χ1) is 9.86. The zero-order valence-corrected chi connectivity index (χ0v) is 14.1. The van der Waals surface area contributed by atoms with E-state index in [4.69, 9.17) is 5.11 Å². The van der Waals surface area contributed by atoms with Crippen molar-refractivity contribution in [2.75, 3.05) is 19.3 Å². The van der Waals surface area contributed by atoms with E-state index in [1.807, 2.05) is 18.2 Å². The van der Waals surface area contributed by atoms with E-state index < -0.39 is 16.0 Å². The van der Waals surface area contributed by atoms with Crippen LogP contribution in [0.5, 0.6) is 0 Å². The van der Waals surface area contributed by atoms with Crippen LogP contribution in [0.1, 0.15) is 36.6 Å². The number of hydrogen-bond donors (Lipinski definition) is 1. The van der Waals surface area contributed by atoms with E-state index in [0.717, 1.165) is 24.2 Å². The van der Waals surface area contributed by atoms with Crippen LogP contribution < -0.4 is 0 Å². The van der Waals surface area contributed by atoms with Crippen LogP contribution in [0.3, 0.4) is 0 Å². The minimum Gasteiger partial charge on any atom is -0.481 e. The second kappa shape index (κ2) is 7.89. The van der Waals surface area contributed by atoms with Gasteiger partial charge in [0, 0.05) is 36.8 Å². The summed E-state index contributed by atoms with van der Waals surface area (Å²) in [7, 11) is -3.11. The Morgan fingerprint density at radius 1 is 1.36 bits per heavy atom. The third-order valence-corrected chi connectivity index (χ3v) is 5.07. The van der Waals surface area contributed by atoms with Gasteiger partial charge in [-0.3, -0.25) is 9.78 Å². The molecule has 6 nitrogen and oxygen atoms in total. The summed E-state index contributed by atoms with van der Waals surface area (Å²) in [4.78, 5) is 15.1. The van der Waals surface area contributed by atoms with Gasteiger partial charge >= 0.3 is 5.97 Å². The molecule has 1 aromatic rings. The van der Waals surface area contributed by atoms with Crippen molar-refractivity contribution in [2.24, 2.45) is 0 Å². The van der Waals surface area contributed by atoms with Gasteiger partial charge in [-0.1, -0.05) is 6.07 Å². The SMILES string of the molecule is CS(=O)(=O)N1CCC(c2cccc(CCC(=O)O)n2)CC1.Cl. The Bertz CT molecular complexity index is 613. The van der Waals surface area contributed by atoms with E-state index in [2.05, 4.69) is 4.98 Å². The minimum absolute atomic E-state index is 0. The standard InChI is InChI=1S/C14H20N2O4S.ClH/c1-21(19,20)16-9-7-11(8-10-16)13-4-2-3-12(15-13)5-6-14(17)18;/h2-4,11H,5-10H2,1H3,(H,17,18);1H. The highest BCUT2D eigenvalue weighted by atomic mass is 35.5. The van der Waals surface area contributed by atoms with Crippen molar-refractivity contribution in [2.45, 2.75) is 31.6 Å². The zero-order valence-electron chi connectivity index (χ0n) is 12.4. The number of piperidine rings is 1. The number of carboxylic acids is 1. The van der Waals surface area contributed by atoms with E-state index in [9.17, 15) is 13.2 Å². The van der Waals surface area contributed by atoms with Gasteiger partial charge < -0.3 is 5.11 Å². The van der Waals surface area contributed by atoms with Gasteiger partial charge in [-0.25, -0.2) is 12.7 Å². The van der Waals surface area contributed by atoms with E-state index in [1.54, 1.807) is 0 Å². The molecule has 0 radical (unpaired) electrons. The topological polar surface area (TPSA) is 87.6 Å². The van der Waals surface area contributed by atoms with E-state index in [0.29, 0.717) is 19.5 Å². The van der Waals surface area contributed by atoms with Crippen LogP contribution in [0.15, 0.2) is 18.2 Å². The molecular weight excluding hydrogens is 328 g/mol. The fourth-order valence-electron chi connectivity index (χ4n) is 2.58. The molecule has 0 aromatic carbocycles. The number of aromatic nitrogens is 1. The minimum atomic E-state index is -3.11. The smallest absolute Gasteiger partial charge is 0.303 e. The molecule has 1 saturated heterocycles. The highest BCUT2D eigenvalue weighted by Gasteiger charge is 2.26. The van der Waals surface area contributed by atoms with Gasteiger partial charge in [0.05, 0.1) is 12.7 Å². The molecule has 1 aliphatic heterocycles. The Balaban J connectivity index is 0.00000242. The molecule has 124 valence electrons. The summed E-state index contributed by atoms with van der Waals surface area (Å²) in [6.45, 7) is 1.04. The van der Waals surface area contributed by atoms with E-state index in [-0.39, 0.29) is 24.7 Å². The van der Waals surface area contributed by atoms with Crippen molar-refractivity contribution in [1.29, 1.82) is 0 Å². The molecule has 1 fully saturated rings. The normalized spacial score (nSPS) is 17.0. The van der Waals surface area contributed by atoms with Gasteiger partial charge in [0.25, 0.3) is 0 Å². The van der Waals surface area contributed by atoms with Crippen LogP contribution in [-0.2, 0) is 21.2 Å². The Morgan fingerprint density at radius 3 is 2.55 bits per heavy atom. The quantitative estimate of drug-likeness (QED) is 0.874. The molecule has 2 heterocycles. The summed E-state index contributed by atoms with van der Waals surface area (Å²) in [5.74, 6) is -0.587. The van der Waals surface area contributed by atoms with Gasteiger partial charge in [-0.15, -0.1) is 12.4 Å². The van der Waals surface area contributed by atoms with Crippen molar-refractivity contribution >= 4 is 28.4 Å². The summed E-state index contributed by atoms with van der Waals surface area (Å²) < 4.78 is 24.5. The molecule has 8 heteroatoms. The fourth-order valence-corrected chi connectivity index (χ4v) is 3.46. The van der Waals surface area contributed by atoms with E-state index in [1.165, 1.54) is 10.6 Å². The number of halogens is 1. The lowest BCUT2D eigenvalue weighted by Gasteiger charge is -2.30. The predicted octanol–water partition coefficient (Wildman–Crippen LogP) is 1.66. The van der Waals surface area contributed by atoms with Crippen LogP contribution in [0, 0.1) is 0 Å². The molecule has 0 bridgehead atoms. The number of carbonyl (C=O) groups is 1. The van der Waals surface area contributed by atoms with Crippen molar-refractivity contribution in [1.82, 2.24) is 9.29 Å². The molecule has 0 spiro atoms. The lowest BCUT2D eigenvalue weighted by Crippen LogP contribution is -2.37. The molecule has 0 amide bonds. The first kappa shape index (κ1) is 18.9. The summed E-state index contributed by atoms with van der Waals surface area (Å²) in [5.41, 5.74) is 1.71. The number of aryl methyl sites for hydroxylation is 1. The third kappa shape index (κ3) is 5.23. The second-order valence-electron chi connectivity index (χ2n) is 5.38. The van der Waals surface area contributed by atoms with Gasteiger partial charge in [-0.05, 0) is 25.0 Å². The number of sulfonamides is 1. The zero-order chi connectivity index (χ0) is 15.5. The van der Waals surface area contributed by atoms with Crippen LogP contribution >= 0.6 is 12.4 Å². The Kier molecular flexibility index (Phi) is 6.77. The monoisotopic (exact) mass is 348 g/mol. The van der Waals surface area contributed by atoms with Crippen molar-refractivity contribution in [3.8, 4) is 0 Å². The fraction of sp³-hybridized carbons (Fsp3) is 0.571. The third-order valence-electron chi connectivity index (χ3n) is 3.76. The summed E-state index contributed by atoms with van der Waals surface area (Å²) in [6, 6.07) is 5.66. The number of pyridine rings is 1. The molecule has 1 aromatic heterocycles. The maximum atomic E-state index is 11.5. The van der Waals surface area contributed by atoms with Crippen LogP contribution in [-0.4, -0.2) is 48.1 Å². The summed E-state index contributed by atoms with van der Waals surface area (Å²) in [5, 5.41) is 8.71. The van der Waals surface area contributed by atoms with Crippen LogP contribution in [0.2, 0.25) is 0 Å². The van der Waals surface area contributed by atoms with E-state index >= 15 is 0 Å². The lowest BCUT2D eigenvalue weighted by atomic mass is 9.94. The van der Waals surface area contributed by atoms with Crippen molar-refractivity contribution in [3.63, 3.8) is 0 Å². The van der Waals surface area contributed by atoms with Crippen molar-refractivity contribution < 1.29 is 18.3 Å². The number of rotatable bonds is 5. The predicted molar refractivity (Wildman–Crippen MR) is 85.8 cm³/mol. The number of nitrogens with zero attached hydrogens (tertiary/aromatic N) is 2. The average Bonchev–Trinajstić information content (AvgIpc) is 2.45. The Morgan fingerprint density at radius 2 is 2.00 bits per heavy atom. The molecular formula is C14H21ClN2O4S. The van der Waals surface area contributed by atoms with Crippen molar-refractivity contribution in [3.05, 3.63) is 29.6 Å². The van der Waals surface area contributed by atoms with Gasteiger partial charge in [0.15, 0.2) is 0 Å². The molecule has 0 atom stereocenters. The summed E-state index contributed by atoms with van der Waals surface area (Å²) >= 11 is 0. The Hall–Kier alpha value is -1.18. The molecule has 0 unspecified atom stereocenters. The molecule has 1 N–H and O–H groups in total. The number of hydrogen-bond acceptors (Lipinski definition) is 4. The molecule has 0 aliphatic carbocycles. The molecule has 22 heavy (non-hydrogen) atoms. The first-order valence-electron chi connectivity index (χ1n) is 6.99. The highest BCUT2D eigenvalue weighted by molar-refractivity contribution is 7.88. The molecule has 0 saturated carbocycles. The number of aliphatic carboxylic acids is 1. The largest absolute Gasteiger partial charge is 0.481 e. The second-order valence-corrected chi connectivity index (χ2v) is 7.37. The molecule has 1 aliphatic rings. The maximum Gasteiger partial charge on any atom is 0.303 e. The van der Waals surface area contributed by atoms with Crippen LogP contribution in [0.4, 0.5) is 0 Å². The van der Waals surface area contributed by atoms with Crippen LogP contribution in [0.25, 0.3) is 0 Å². The van der Waals surface area contributed by atoms with Gasteiger partial charge in [0.1, 0.15) is 0 Å². The summed E-state index contributed by atoms with van der Waals surface area (Å²) in [6.07, 6.45) is 3.23. The lowest BCUT2D eigenvalue weighted by molar-refractivity contribution is -0.136. The van der Waals surface area contributed by atoms with Gasteiger partial charge in [0.2, 0.25) is 10.0 Å².